The van der Waals surface area contributed by atoms with E-state index >= 15 is 0 Å². The zero-order valence-electron chi connectivity index (χ0n) is 10.4. The Morgan fingerprint density at radius 2 is 2.16 bits per heavy atom. The summed E-state index contributed by atoms with van der Waals surface area (Å²) in [5.74, 6) is -1.89. The zero-order chi connectivity index (χ0) is 14.0. The molecule has 1 aliphatic heterocycles. The minimum Gasteiger partial charge on any atom is -0.337 e. The van der Waals surface area contributed by atoms with Crippen LogP contribution in [0.3, 0.4) is 0 Å². The molecule has 1 aromatic rings. The maximum atomic E-state index is 13.1. The number of nitrogens with zero attached hydrogens (tertiary/aromatic N) is 1. The number of amides is 1. The van der Waals surface area contributed by atoms with E-state index in [1.54, 1.807) is 4.90 Å². The van der Waals surface area contributed by atoms with Crippen molar-refractivity contribution in [1.29, 1.82) is 0 Å². The quantitative estimate of drug-likeness (QED) is 0.855. The summed E-state index contributed by atoms with van der Waals surface area (Å²) in [5, 5.41) is -0.0669. The largest absolute Gasteiger partial charge is 0.337 e. The number of thioether (sulfide) groups is 1. The molecule has 0 aromatic heterocycles. The highest BCUT2D eigenvalue weighted by atomic mass is 32.2. The summed E-state index contributed by atoms with van der Waals surface area (Å²) < 4.78 is 25.9. The van der Waals surface area contributed by atoms with E-state index < -0.39 is 11.6 Å². The Hall–Kier alpha value is -1.43. The first-order valence-corrected chi connectivity index (χ1v) is 6.72. The second-order valence-electron chi connectivity index (χ2n) is 4.46. The Morgan fingerprint density at radius 3 is 2.79 bits per heavy atom. The summed E-state index contributed by atoms with van der Waals surface area (Å²) in [6, 6.07) is 3.60. The fourth-order valence-electron chi connectivity index (χ4n) is 2.06. The first kappa shape index (κ1) is 14.0. The van der Waals surface area contributed by atoms with Crippen molar-refractivity contribution in [1.82, 2.24) is 4.90 Å². The van der Waals surface area contributed by atoms with E-state index in [4.69, 9.17) is 0 Å². The molecule has 1 saturated heterocycles. The molecule has 6 heteroatoms. The molecule has 1 amide bonds. The molecule has 0 saturated carbocycles. The highest BCUT2D eigenvalue weighted by Gasteiger charge is 2.30. The van der Waals surface area contributed by atoms with Crippen molar-refractivity contribution >= 4 is 22.8 Å². The van der Waals surface area contributed by atoms with Gasteiger partial charge < -0.3 is 4.90 Å². The number of rotatable bonds is 3. The van der Waals surface area contributed by atoms with Gasteiger partial charge in [-0.2, -0.15) is 0 Å². The van der Waals surface area contributed by atoms with E-state index in [1.165, 1.54) is 13.0 Å². The van der Waals surface area contributed by atoms with Gasteiger partial charge in [0.2, 0.25) is 5.91 Å². The fraction of sp³-hybridized carbons (Fsp3) is 0.385. The molecule has 2 rings (SSSR count). The number of hydrogen-bond acceptors (Lipinski definition) is 3. The van der Waals surface area contributed by atoms with Crippen LogP contribution in [-0.2, 0) is 16.1 Å². The Kier molecular flexibility index (Phi) is 4.19. The van der Waals surface area contributed by atoms with Crippen LogP contribution < -0.4 is 0 Å². The number of hydrogen-bond donors (Lipinski definition) is 0. The lowest BCUT2D eigenvalue weighted by Crippen LogP contribution is -2.25. The molecule has 0 radical (unpaired) electrons. The van der Waals surface area contributed by atoms with Crippen LogP contribution in [-0.4, -0.2) is 27.7 Å². The van der Waals surface area contributed by atoms with Crippen molar-refractivity contribution in [2.75, 3.05) is 6.54 Å². The summed E-state index contributed by atoms with van der Waals surface area (Å²) in [5.41, 5.74) is 0.542. The minimum absolute atomic E-state index is 0.0209. The predicted molar refractivity (Wildman–Crippen MR) is 68.5 cm³/mol. The van der Waals surface area contributed by atoms with Crippen LogP contribution >= 0.6 is 11.8 Å². The Bertz CT molecular complexity index is 521. The van der Waals surface area contributed by atoms with E-state index in [0.29, 0.717) is 18.5 Å². The highest BCUT2D eigenvalue weighted by Crippen LogP contribution is 2.25. The Labute approximate surface area is 114 Å². The third kappa shape index (κ3) is 3.53. The Balaban J connectivity index is 2.01. The van der Waals surface area contributed by atoms with Crippen LogP contribution in [0, 0.1) is 11.6 Å². The summed E-state index contributed by atoms with van der Waals surface area (Å²) in [7, 11) is 0. The zero-order valence-corrected chi connectivity index (χ0v) is 11.2. The lowest BCUT2D eigenvalue weighted by Gasteiger charge is -2.16. The standard InChI is InChI=1S/C13H13F2NO2S/c1-8(17)19-10-5-13(18)16(7-10)6-9-2-3-11(14)12(15)4-9/h2-4,10H,5-7H2,1H3. The van der Waals surface area contributed by atoms with E-state index in [-0.39, 0.29) is 22.8 Å². The van der Waals surface area contributed by atoms with Crippen molar-refractivity contribution in [2.24, 2.45) is 0 Å². The molecule has 0 bridgehead atoms. The molecule has 19 heavy (non-hydrogen) atoms. The molecule has 1 atom stereocenters. The summed E-state index contributed by atoms with van der Waals surface area (Å²) in [6.45, 7) is 2.17. The molecule has 1 aromatic carbocycles. The molecule has 102 valence electrons. The summed E-state index contributed by atoms with van der Waals surface area (Å²) in [6.07, 6.45) is 0.313. The van der Waals surface area contributed by atoms with Gasteiger partial charge in [0.05, 0.1) is 0 Å². The molecule has 1 unspecified atom stereocenters. The van der Waals surface area contributed by atoms with Crippen LogP contribution in [0.15, 0.2) is 18.2 Å². The van der Waals surface area contributed by atoms with Gasteiger partial charge in [0.25, 0.3) is 0 Å². The lowest BCUT2D eigenvalue weighted by atomic mass is 10.2. The highest BCUT2D eigenvalue weighted by molar-refractivity contribution is 8.14. The lowest BCUT2D eigenvalue weighted by molar-refractivity contribution is -0.128. The van der Waals surface area contributed by atoms with Gasteiger partial charge in [-0.15, -0.1) is 0 Å². The van der Waals surface area contributed by atoms with Crippen LogP contribution in [0.4, 0.5) is 8.78 Å². The smallest absolute Gasteiger partial charge is 0.224 e. The average Bonchev–Trinajstić information content (AvgIpc) is 2.63. The number of likely N-dealkylation sites (tertiary alicyclic amines) is 1. The third-order valence-corrected chi connectivity index (χ3v) is 3.85. The molecule has 1 fully saturated rings. The summed E-state index contributed by atoms with van der Waals surface area (Å²) >= 11 is 1.15. The van der Waals surface area contributed by atoms with E-state index in [9.17, 15) is 18.4 Å². The maximum Gasteiger partial charge on any atom is 0.224 e. The maximum absolute atomic E-state index is 13.1. The van der Waals surface area contributed by atoms with Crippen LogP contribution in [0.1, 0.15) is 18.9 Å². The molecule has 1 aliphatic rings. The Morgan fingerprint density at radius 1 is 1.42 bits per heavy atom. The molecular weight excluding hydrogens is 272 g/mol. The number of carbonyl (C=O) groups is 2. The minimum atomic E-state index is -0.918. The first-order valence-electron chi connectivity index (χ1n) is 5.84. The van der Waals surface area contributed by atoms with Crippen LogP contribution in [0.2, 0.25) is 0 Å². The second kappa shape index (κ2) is 5.69. The summed E-state index contributed by atoms with van der Waals surface area (Å²) in [4.78, 5) is 24.3. The van der Waals surface area contributed by atoms with Crippen LogP contribution in [0.25, 0.3) is 0 Å². The molecule has 1 heterocycles. The van der Waals surface area contributed by atoms with Crippen molar-refractivity contribution in [3.63, 3.8) is 0 Å². The van der Waals surface area contributed by atoms with Crippen molar-refractivity contribution in [3.05, 3.63) is 35.4 Å². The van der Waals surface area contributed by atoms with Gasteiger partial charge in [-0.05, 0) is 17.7 Å². The molecule has 0 aliphatic carbocycles. The monoisotopic (exact) mass is 285 g/mol. The number of carbonyl (C=O) groups excluding carboxylic acids is 2. The van der Waals surface area contributed by atoms with E-state index in [0.717, 1.165) is 23.9 Å². The molecule has 0 spiro atoms. The average molecular weight is 285 g/mol. The van der Waals surface area contributed by atoms with Gasteiger partial charge in [-0.3, -0.25) is 9.59 Å². The van der Waals surface area contributed by atoms with Gasteiger partial charge in [0, 0.05) is 31.7 Å². The normalized spacial score (nSPS) is 19.0. The number of benzene rings is 1. The SMILES string of the molecule is CC(=O)SC1CC(=O)N(Cc2ccc(F)c(F)c2)C1. The first-order chi connectivity index (χ1) is 8.95. The van der Waals surface area contributed by atoms with Crippen LogP contribution in [0.5, 0.6) is 0 Å². The van der Waals surface area contributed by atoms with Gasteiger partial charge >= 0.3 is 0 Å². The van der Waals surface area contributed by atoms with Gasteiger partial charge in [0.1, 0.15) is 0 Å². The fourth-order valence-corrected chi connectivity index (χ4v) is 3.01. The predicted octanol–water partition coefficient (Wildman–Crippen LogP) is 2.35. The van der Waals surface area contributed by atoms with Crippen molar-refractivity contribution < 1.29 is 18.4 Å². The molecule has 3 nitrogen and oxygen atoms in total. The second-order valence-corrected chi connectivity index (χ2v) is 5.94. The van der Waals surface area contributed by atoms with Crippen molar-refractivity contribution in [3.8, 4) is 0 Å². The topological polar surface area (TPSA) is 37.4 Å². The molecular formula is C13H13F2NO2S. The van der Waals surface area contributed by atoms with Crippen molar-refractivity contribution in [2.45, 2.75) is 25.1 Å². The van der Waals surface area contributed by atoms with E-state index in [1.807, 2.05) is 0 Å². The van der Waals surface area contributed by atoms with Gasteiger partial charge in [-0.25, -0.2) is 8.78 Å². The van der Waals surface area contributed by atoms with E-state index in [2.05, 4.69) is 0 Å². The number of halogens is 2. The van der Waals surface area contributed by atoms with Gasteiger partial charge in [0.15, 0.2) is 16.7 Å². The third-order valence-electron chi connectivity index (χ3n) is 2.87. The molecule has 0 N–H and O–H groups in total. The van der Waals surface area contributed by atoms with Gasteiger partial charge in [-0.1, -0.05) is 17.8 Å².